The predicted octanol–water partition coefficient (Wildman–Crippen LogP) is 3.41. The highest BCUT2D eigenvalue weighted by atomic mass is 19.1. The third-order valence-corrected chi connectivity index (χ3v) is 3.38. The molecule has 0 spiro atoms. The number of halogens is 1. The molecule has 0 unspecified atom stereocenters. The molecule has 2 N–H and O–H groups in total. The lowest BCUT2D eigenvalue weighted by molar-refractivity contribution is 0.555. The maximum Gasteiger partial charge on any atom is 0.417 e. The number of hydrogen-bond donors (Lipinski definition) is 2. The van der Waals surface area contributed by atoms with Gasteiger partial charge in [0.05, 0.1) is 5.52 Å². The molecule has 0 saturated heterocycles. The van der Waals surface area contributed by atoms with Crippen molar-refractivity contribution in [3.8, 4) is 11.1 Å². The quantitative estimate of drug-likeness (QED) is 0.555. The number of benzene rings is 2. The number of nitrogens with one attached hydrogen (secondary N) is 2. The lowest BCUT2D eigenvalue weighted by Crippen LogP contribution is -1.92. The Bertz CT molecular complexity index is 994. The van der Waals surface area contributed by atoms with E-state index in [-0.39, 0.29) is 5.82 Å². The van der Waals surface area contributed by atoms with E-state index in [1.807, 2.05) is 12.3 Å². The van der Waals surface area contributed by atoms with Crippen LogP contribution in [0.5, 0.6) is 0 Å². The van der Waals surface area contributed by atoms with Crippen LogP contribution in [0.3, 0.4) is 0 Å². The normalized spacial score (nSPS) is 11.4. The van der Waals surface area contributed by atoms with Crippen LogP contribution >= 0.6 is 0 Å². The number of H-pyrrole nitrogens is 2. The number of hydrogen-bond acceptors (Lipinski definition) is 2. The van der Waals surface area contributed by atoms with Gasteiger partial charge in [0, 0.05) is 22.7 Å². The Morgan fingerprint density at radius 1 is 1.05 bits per heavy atom. The molecular formula is C15H9FN2O2. The fraction of sp³-hybridized carbons (Fsp3) is 0. The number of oxazole rings is 1. The Hall–Kier alpha value is -2.82. The molecule has 0 fully saturated rings. The van der Waals surface area contributed by atoms with Crippen molar-refractivity contribution in [3.63, 3.8) is 0 Å². The number of rotatable bonds is 1. The van der Waals surface area contributed by atoms with E-state index in [1.165, 1.54) is 12.1 Å². The average Bonchev–Trinajstić information content (AvgIpc) is 2.99. The summed E-state index contributed by atoms with van der Waals surface area (Å²) in [6.45, 7) is 0. The van der Waals surface area contributed by atoms with Gasteiger partial charge in [-0.2, -0.15) is 0 Å². The van der Waals surface area contributed by atoms with Gasteiger partial charge in [-0.15, -0.1) is 0 Å². The van der Waals surface area contributed by atoms with Crippen molar-refractivity contribution in [1.82, 2.24) is 9.97 Å². The molecule has 0 amide bonds. The van der Waals surface area contributed by atoms with Crippen LogP contribution < -0.4 is 5.76 Å². The van der Waals surface area contributed by atoms with E-state index >= 15 is 0 Å². The Kier molecular flexibility index (Phi) is 2.12. The maximum atomic E-state index is 13.2. The number of fused-ring (bicyclic) bond motifs is 2. The predicted molar refractivity (Wildman–Crippen MR) is 74.1 cm³/mol. The van der Waals surface area contributed by atoms with Crippen LogP contribution in [0, 0.1) is 5.82 Å². The molecular weight excluding hydrogens is 259 g/mol. The van der Waals surface area contributed by atoms with Gasteiger partial charge >= 0.3 is 5.76 Å². The molecule has 4 nitrogen and oxygen atoms in total. The van der Waals surface area contributed by atoms with E-state index in [0.717, 1.165) is 22.0 Å². The van der Waals surface area contributed by atoms with Gasteiger partial charge in [-0.05, 0) is 35.9 Å². The van der Waals surface area contributed by atoms with Gasteiger partial charge in [0.1, 0.15) is 5.82 Å². The van der Waals surface area contributed by atoms with Crippen LogP contribution in [0.25, 0.3) is 33.1 Å². The van der Waals surface area contributed by atoms with E-state index in [2.05, 4.69) is 9.97 Å². The van der Waals surface area contributed by atoms with E-state index in [9.17, 15) is 9.18 Å². The highest BCUT2D eigenvalue weighted by Crippen LogP contribution is 2.30. The molecule has 2 aromatic heterocycles. The van der Waals surface area contributed by atoms with Gasteiger partial charge in [-0.3, -0.25) is 4.98 Å². The first kappa shape index (κ1) is 11.0. The molecule has 0 aliphatic carbocycles. The summed E-state index contributed by atoms with van der Waals surface area (Å²) >= 11 is 0. The second-order valence-electron chi connectivity index (χ2n) is 4.62. The average molecular weight is 268 g/mol. The van der Waals surface area contributed by atoms with Crippen LogP contribution in [0.4, 0.5) is 4.39 Å². The fourth-order valence-electron chi connectivity index (χ4n) is 2.45. The van der Waals surface area contributed by atoms with E-state index in [1.54, 1.807) is 18.2 Å². The topological polar surface area (TPSA) is 61.8 Å². The van der Waals surface area contributed by atoms with Crippen molar-refractivity contribution in [1.29, 1.82) is 0 Å². The van der Waals surface area contributed by atoms with Crippen molar-refractivity contribution in [3.05, 3.63) is 59.0 Å². The molecule has 98 valence electrons. The van der Waals surface area contributed by atoms with Gasteiger partial charge in [-0.1, -0.05) is 6.07 Å². The summed E-state index contributed by atoms with van der Waals surface area (Å²) in [6.07, 6.45) is 1.82. The number of aromatic nitrogens is 2. The van der Waals surface area contributed by atoms with E-state index in [0.29, 0.717) is 11.1 Å². The maximum absolute atomic E-state index is 13.2. The molecule has 0 bridgehead atoms. The molecule has 0 aliphatic rings. The van der Waals surface area contributed by atoms with Gasteiger partial charge in [-0.25, -0.2) is 9.18 Å². The smallest absolute Gasteiger partial charge is 0.408 e. The molecule has 2 aromatic carbocycles. The molecule has 2 heterocycles. The molecule has 0 aliphatic heterocycles. The second-order valence-corrected chi connectivity index (χ2v) is 4.62. The van der Waals surface area contributed by atoms with Crippen LogP contribution in [-0.4, -0.2) is 9.97 Å². The summed E-state index contributed by atoms with van der Waals surface area (Å²) in [5.74, 6) is -0.754. The Balaban J connectivity index is 1.98. The Morgan fingerprint density at radius 2 is 1.95 bits per heavy atom. The first-order chi connectivity index (χ1) is 9.70. The first-order valence-electron chi connectivity index (χ1n) is 6.10. The minimum absolute atomic E-state index is 0.280. The molecule has 0 atom stereocenters. The van der Waals surface area contributed by atoms with Crippen LogP contribution in [0.1, 0.15) is 0 Å². The zero-order valence-electron chi connectivity index (χ0n) is 10.2. The fourth-order valence-corrected chi connectivity index (χ4v) is 2.45. The standard InChI is InChI=1S/C15H9FN2O2/c16-9-2-3-10-11(7-17-13(10)6-9)8-1-4-12-14(5-8)20-15(19)18-12/h1-7,17H,(H,18,19). The van der Waals surface area contributed by atoms with E-state index < -0.39 is 5.76 Å². The molecule has 0 radical (unpaired) electrons. The lowest BCUT2D eigenvalue weighted by atomic mass is 10.0. The largest absolute Gasteiger partial charge is 0.417 e. The van der Waals surface area contributed by atoms with Crippen molar-refractivity contribution in [2.75, 3.05) is 0 Å². The molecule has 4 aromatic rings. The summed E-state index contributed by atoms with van der Waals surface area (Å²) < 4.78 is 18.2. The zero-order valence-corrected chi connectivity index (χ0v) is 10.2. The van der Waals surface area contributed by atoms with Gasteiger partial charge in [0.2, 0.25) is 0 Å². The SMILES string of the molecule is O=c1[nH]c2ccc(-c3c[nH]c4cc(F)ccc34)cc2o1. The highest BCUT2D eigenvalue weighted by molar-refractivity contribution is 5.97. The van der Waals surface area contributed by atoms with Crippen LogP contribution in [-0.2, 0) is 0 Å². The summed E-state index contributed by atoms with van der Waals surface area (Å²) in [5.41, 5.74) is 3.73. The second kappa shape index (κ2) is 3.84. The molecule has 5 heteroatoms. The third-order valence-electron chi connectivity index (χ3n) is 3.38. The molecule has 4 rings (SSSR count). The summed E-state index contributed by atoms with van der Waals surface area (Å²) in [4.78, 5) is 16.8. The summed E-state index contributed by atoms with van der Waals surface area (Å²) in [6, 6.07) is 10.1. The van der Waals surface area contributed by atoms with E-state index in [4.69, 9.17) is 4.42 Å². The summed E-state index contributed by atoms with van der Waals surface area (Å²) in [7, 11) is 0. The van der Waals surface area contributed by atoms with Crippen LogP contribution in [0.2, 0.25) is 0 Å². The van der Waals surface area contributed by atoms with Crippen molar-refractivity contribution < 1.29 is 8.81 Å². The minimum Gasteiger partial charge on any atom is -0.408 e. The number of aromatic amines is 2. The first-order valence-corrected chi connectivity index (χ1v) is 6.10. The highest BCUT2D eigenvalue weighted by Gasteiger charge is 2.09. The monoisotopic (exact) mass is 268 g/mol. The summed E-state index contributed by atoms with van der Waals surface area (Å²) in [5, 5.41) is 0.920. The van der Waals surface area contributed by atoms with Gasteiger partial charge < -0.3 is 9.40 Å². The van der Waals surface area contributed by atoms with Gasteiger partial charge in [0.25, 0.3) is 0 Å². The van der Waals surface area contributed by atoms with Crippen molar-refractivity contribution in [2.24, 2.45) is 0 Å². The molecule has 20 heavy (non-hydrogen) atoms. The van der Waals surface area contributed by atoms with Crippen molar-refractivity contribution >= 4 is 22.0 Å². The third kappa shape index (κ3) is 1.56. The Labute approximate surface area is 111 Å². The van der Waals surface area contributed by atoms with Crippen molar-refractivity contribution in [2.45, 2.75) is 0 Å². The lowest BCUT2D eigenvalue weighted by Gasteiger charge is -1.99. The Morgan fingerprint density at radius 3 is 2.85 bits per heavy atom. The minimum atomic E-state index is -0.474. The molecule has 0 saturated carbocycles. The van der Waals surface area contributed by atoms with Crippen LogP contribution in [0.15, 0.2) is 51.8 Å². The zero-order chi connectivity index (χ0) is 13.7. The van der Waals surface area contributed by atoms with Gasteiger partial charge in [0.15, 0.2) is 5.58 Å².